The summed E-state index contributed by atoms with van der Waals surface area (Å²) in [6, 6.07) is 0. The van der Waals surface area contributed by atoms with Crippen LogP contribution in [-0.2, 0) is 0 Å². The fourth-order valence-electron chi connectivity index (χ4n) is 1.52. The van der Waals surface area contributed by atoms with Gasteiger partial charge in [-0.1, -0.05) is 0 Å². The van der Waals surface area contributed by atoms with Gasteiger partial charge in [0.05, 0.1) is 0 Å². The second-order valence-electron chi connectivity index (χ2n) is 2.89. The first-order valence-electron chi connectivity index (χ1n) is 4.16. The first-order valence-corrected chi connectivity index (χ1v) is 8.98. The van der Waals surface area contributed by atoms with Gasteiger partial charge in [-0.15, -0.1) is 0 Å². The quantitative estimate of drug-likeness (QED) is 0.639. The Hall–Kier alpha value is 0.518. The molecule has 0 N–H and O–H groups in total. The van der Waals surface area contributed by atoms with Gasteiger partial charge in [-0.25, -0.2) is 0 Å². The van der Waals surface area contributed by atoms with Crippen LogP contribution < -0.4 is 0 Å². The molecule has 0 atom stereocenters. The number of nitrogens with zero attached hydrogens (tertiary/aromatic N) is 1. The third kappa shape index (κ3) is 2.00. The summed E-state index contributed by atoms with van der Waals surface area (Å²) in [5, 5.41) is 4.29. The van der Waals surface area contributed by atoms with Crippen LogP contribution in [0.3, 0.4) is 0 Å². The number of rotatable bonds is 4. The zero-order valence-corrected chi connectivity index (χ0v) is 9.89. The van der Waals surface area contributed by atoms with Crippen LogP contribution in [0.15, 0.2) is 0 Å². The summed E-state index contributed by atoms with van der Waals surface area (Å²) in [5.74, 6) is 0. The third-order valence-electron chi connectivity index (χ3n) is 2.61. The van der Waals surface area contributed by atoms with Gasteiger partial charge in [0.1, 0.15) is 0 Å². The topological polar surface area (TPSA) is 3.24 Å². The molecule has 0 rings (SSSR count). The molecule has 2 heteroatoms. The van der Waals surface area contributed by atoms with Crippen molar-refractivity contribution in [2.45, 2.75) is 36.4 Å². The molecule has 1 nitrogen and oxygen atoms in total. The van der Waals surface area contributed by atoms with Crippen molar-refractivity contribution in [1.82, 2.24) is 3.82 Å². The van der Waals surface area contributed by atoms with Crippen molar-refractivity contribution in [3.05, 3.63) is 0 Å². The standard InChI is InChI=1S/C8H21AsN/c1-6-9(7-2,8-3)10(4)5/h6-8H2,1-5H3/q+1. The third-order valence-corrected chi connectivity index (χ3v) is 13.6. The van der Waals surface area contributed by atoms with Gasteiger partial charge in [0.2, 0.25) is 0 Å². The summed E-state index contributed by atoms with van der Waals surface area (Å²) in [6.07, 6.45) is 0. The molecule has 0 aromatic rings. The van der Waals surface area contributed by atoms with Crippen molar-refractivity contribution < 1.29 is 0 Å². The van der Waals surface area contributed by atoms with Gasteiger partial charge >= 0.3 is 68.1 Å². The molecule has 0 radical (unpaired) electrons. The molecule has 0 aliphatic carbocycles. The van der Waals surface area contributed by atoms with Gasteiger partial charge in [0.25, 0.3) is 0 Å². The Kier molecular flexibility index (Phi) is 4.64. The maximum atomic E-state index is 2.53. The maximum absolute atomic E-state index is 2.53. The van der Waals surface area contributed by atoms with Crippen LogP contribution in [0.25, 0.3) is 0 Å². The van der Waals surface area contributed by atoms with Crippen molar-refractivity contribution >= 4 is 13.8 Å². The Morgan fingerprint density at radius 2 is 1.20 bits per heavy atom. The fraction of sp³-hybridized carbons (Fsp3) is 1.00. The summed E-state index contributed by atoms with van der Waals surface area (Å²) in [5.41, 5.74) is 0. The van der Waals surface area contributed by atoms with Crippen molar-refractivity contribution in [2.24, 2.45) is 0 Å². The van der Waals surface area contributed by atoms with Crippen molar-refractivity contribution in [3.8, 4) is 0 Å². The predicted octanol–water partition coefficient (Wildman–Crippen LogP) is 2.55. The summed E-state index contributed by atoms with van der Waals surface area (Å²) >= 11 is -1.30. The minimum atomic E-state index is -1.30. The van der Waals surface area contributed by atoms with Crippen LogP contribution in [0.1, 0.15) is 20.8 Å². The molecule has 0 heterocycles. The summed E-state index contributed by atoms with van der Waals surface area (Å²) < 4.78 is 2.53. The predicted molar refractivity (Wildman–Crippen MR) is 50.9 cm³/mol. The normalized spacial score (nSPS) is 12.6. The van der Waals surface area contributed by atoms with E-state index in [1.165, 1.54) is 15.6 Å². The van der Waals surface area contributed by atoms with Crippen LogP contribution >= 0.6 is 0 Å². The van der Waals surface area contributed by atoms with E-state index in [9.17, 15) is 0 Å². The van der Waals surface area contributed by atoms with E-state index in [2.05, 4.69) is 38.7 Å². The molecule has 0 unspecified atom stereocenters. The van der Waals surface area contributed by atoms with Crippen LogP contribution in [0.4, 0.5) is 0 Å². The van der Waals surface area contributed by atoms with Crippen molar-refractivity contribution in [2.75, 3.05) is 14.1 Å². The van der Waals surface area contributed by atoms with E-state index in [0.717, 1.165) is 0 Å². The van der Waals surface area contributed by atoms with Gasteiger partial charge in [0, 0.05) is 0 Å². The minimum absolute atomic E-state index is 1.30. The molecule has 0 aliphatic rings. The molecule has 0 spiro atoms. The molecule has 0 saturated carbocycles. The molecule has 0 aromatic carbocycles. The molecular weight excluding hydrogens is 185 g/mol. The van der Waals surface area contributed by atoms with E-state index in [1.54, 1.807) is 0 Å². The molecule has 10 heavy (non-hydrogen) atoms. The van der Waals surface area contributed by atoms with Gasteiger partial charge in [-0.3, -0.25) is 0 Å². The summed E-state index contributed by atoms with van der Waals surface area (Å²) in [4.78, 5) is 0. The molecular formula is C8H21AsN+. The Bertz CT molecular complexity index is 79.0. The Morgan fingerprint density at radius 3 is 1.20 bits per heavy atom. The van der Waals surface area contributed by atoms with Crippen molar-refractivity contribution in [1.29, 1.82) is 0 Å². The average molecular weight is 206 g/mol. The first-order chi connectivity index (χ1) is 4.63. The van der Waals surface area contributed by atoms with Gasteiger partial charge in [-0.05, 0) is 0 Å². The van der Waals surface area contributed by atoms with Gasteiger partial charge < -0.3 is 0 Å². The molecule has 0 bridgehead atoms. The van der Waals surface area contributed by atoms with Crippen LogP contribution in [-0.4, -0.2) is 31.7 Å². The van der Waals surface area contributed by atoms with Gasteiger partial charge in [-0.2, -0.15) is 0 Å². The molecule has 0 aromatic heterocycles. The van der Waals surface area contributed by atoms with E-state index in [-0.39, 0.29) is 0 Å². The molecule has 62 valence electrons. The molecule has 0 aliphatic heterocycles. The van der Waals surface area contributed by atoms with Crippen molar-refractivity contribution in [3.63, 3.8) is 0 Å². The van der Waals surface area contributed by atoms with Crippen LogP contribution in [0, 0.1) is 0 Å². The molecule has 0 amide bonds. The Morgan fingerprint density at radius 1 is 0.900 bits per heavy atom. The van der Waals surface area contributed by atoms with Gasteiger partial charge in [0.15, 0.2) is 0 Å². The van der Waals surface area contributed by atoms with E-state index < -0.39 is 13.8 Å². The number of hydrogen-bond donors (Lipinski definition) is 0. The SMILES string of the molecule is CC[As+](CC)(CC)N(C)C. The summed E-state index contributed by atoms with van der Waals surface area (Å²) in [6.45, 7) is 7.04. The number of hydrogen-bond acceptors (Lipinski definition) is 1. The van der Waals surface area contributed by atoms with Crippen LogP contribution in [0.5, 0.6) is 0 Å². The van der Waals surface area contributed by atoms with E-state index >= 15 is 0 Å². The zero-order chi connectivity index (χ0) is 8.20. The van der Waals surface area contributed by atoms with E-state index in [4.69, 9.17) is 0 Å². The Labute approximate surface area is 68.5 Å². The fourth-order valence-corrected chi connectivity index (χ4v) is 7.89. The second kappa shape index (κ2) is 4.41. The molecule has 0 fully saturated rings. The van der Waals surface area contributed by atoms with Crippen LogP contribution in [0.2, 0.25) is 15.6 Å². The Balaban J connectivity index is 4.15. The van der Waals surface area contributed by atoms with E-state index in [0.29, 0.717) is 0 Å². The average Bonchev–Trinajstić information content (AvgIpc) is 1.92. The first kappa shape index (κ1) is 10.5. The monoisotopic (exact) mass is 206 g/mol. The second-order valence-corrected chi connectivity index (χ2v) is 13.1. The zero-order valence-electron chi connectivity index (χ0n) is 8.02. The van der Waals surface area contributed by atoms with E-state index in [1.807, 2.05) is 0 Å². The summed E-state index contributed by atoms with van der Waals surface area (Å²) in [7, 11) is 4.51. The molecule has 0 saturated heterocycles.